The first-order valence-electron chi connectivity index (χ1n) is 8.77. The van der Waals surface area contributed by atoms with Gasteiger partial charge in [0.25, 0.3) is 0 Å². The van der Waals surface area contributed by atoms with Crippen molar-refractivity contribution < 1.29 is 4.79 Å². The molecule has 3 N–H and O–H groups in total. The SMILES string of the molecule is C=C(Cc1nc2cccc(-c3ccc(NC(=O)CN)cc3)n2n1)C1CC1. The van der Waals surface area contributed by atoms with Gasteiger partial charge in [0.1, 0.15) is 0 Å². The highest BCUT2D eigenvalue weighted by Gasteiger charge is 2.25. The number of rotatable bonds is 6. The van der Waals surface area contributed by atoms with Gasteiger partial charge in [-0.1, -0.05) is 30.4 Å². The summed E-state index contributed by atoms with van der Waals surface area (Å²) in [6.45, 7) is 4.14. The van der Waals surface area contributed by atoms with Crippen molar-refractivity contribution in [3.8, 4) is 11.3 Å². The number of carbonyl (C=O) groups excluding carboxylic acids is 1. The predicted molar refractivity (Wildman–Crippen MR) is 102 cm³/mol. The number of anilines is 1. The number of allylic oxidation sites excluding steroid dienone is 1. The molecule has 0 atom stereocenters. The second-order valence-electron chi connectivity index (χ2n) is 6.65. The van der Waals surface area contributed by atoms with E-state index in [1.807, 2.05) is 47.0 Å². The van der Waals surface area contributed by atoms with Gasteiger partial charge in [0.05, 0.1) is 12.2 Å². The lowest BCUT2D eigenvalue weighted by atomic mass is 10.1. The molecule has 0 bridgehead atoms. The van der Waals surface area contributed by atoms with E-state index in [-0.39, 0.29) is 12.5 Å². The van der Waals surface area contributed by atoms with Crippen LogP contribution in [0.5, 0.6) is 0 Å². The highest BCUT2D eigenvalue weighted by molar-refractivity contribution is 5.92. The Morgan fingerprint density at radius 1 is 1.23 bits per heavy atom. The molecule has 26 heavy (non-hydrogen) atoms. The van der Waals surface area contributed by atoms with Crippen LogP contribution in [0.2, 0.25) is 0 Å². The molecule has 6 heteroatoms. The number of hydrogen-bond acceptors (Lipinski definition) is 4. The van der Waals surface area contributed by atoms with Gasteiger partial charge < -0.3 is 11.1 Å². The molecule has 0 spiro atoms. The molecule has 0 aliphatic heterocycles. The number of nitrogens with zero attached hydrogens (tertiary/aromatic N) is 3. The van der Waals surface area contributed by atoms with E-state index in [2.05, 4.69) is 22.0 Å². The molecule has 0 unspecified atom stereocenters. The average molecular weight is 347 g/mol. The number of pyridine rings is 1. The largest absolute Gasteiger partial charge is 0.325 e. The number of fused-ring (bicyclic) bond motifs is 1. The third kappa shape index (κ3) is 3.36. The van der Waals surface area contributed by atoms with Gasteiger partial charge in [-0.05, 0) is 43.0 Å². The van der Waals surface area contributed by atoms with Crippen LogP contribution >= 0.6 is 0 Å². The normalized spacial score (nSPS) is 13.7. The Labute approximate surface area is 151 Å². The van der Waals surface area contributed by atoms with Crippen molar-refractivity contribution in [2.24, 2.45) is 11.7 Å². The molecule has 1 aliphatic rings. The van der Waals surface area contributed by atoms with Crippen molar-refractivity contribution in [3.05, 3.63) is 60.4 Å². The van der Waals surface area contributed by atoms with Gasteiger partial charge in [-0.3, -0.25) is 4.79 Å². The van der Waals surface area contributed by atoms with Crippen molar-refractivity contribution in [2.45, 2.75) is 19.3 Å². The zero-order valence-electron chi connectivity index (χ0n) is 14.5. The van der Waals surface area contributed by atoms with E-state index < -0.39 is 0 Å². The van der Waals surface area contributed by atoms with Crippen LogP contribution in [-0.2, 0) is 11.2 Å². The minimum Gasteiger partial charge on any atom is -0.325 e. The van der Waals surface area contributed by atoms with Crippen LogP contribution in [-0.4, -0.2) is 27.0 Å². The van der Waals surface area contributed by atoms with Gasteiger partial charge in [0.2, 0.25) is 5.91 Å². The summed E-state index contributed by atoms with van der Waals surface area (Å²) in [6.07, 6.45) is 3.21. The van der Waals surface area contributed by atoms with Crippen LogP contribution in [0, 0.1) is 5.92 Å². The topological polar surface area (TPSA) is 85.3 Å². The zero-order chi connectivity index (χ0) is 18.1. The van der Waals surface area contributed by atoms with Gasteiger partial charge >= 0.3 is 0 Å². The van der Waals surface area contributed by atoms with Crippen molar-refractivity contribution in [1.82, 2.24) is 14.6 Å². The number of nitrogens with one attached hydrogen (secondary N) is 1. The zero-order valence-corrected chi connectivity index (χ0v) is 14.5. The molecule has 2 heterocycles. The van der Waals surface area contributed by atoms with Gasteiger partial charge in [0, 0.05) is 17.7 Å². The minimum absolute atomic E-state index is 0.0328. The van der Waals surface area contributed by atoms with Gasteiger partial charge in [0.15, 0.2) is 11.5 Å². The van der Waals surface area contributed by atoms with E-state index in [1.54, 1.807) is 0 Å². The van der Waals surface area contributed by atoms with E-state index in [0.29, 0.717) is 5.92 Å². The van der Waals surface area contributed by atoms with E-state index in [9.17, 15) is 4.79 Å². The maximum Gasteiger partial charge on any atom is 0.238 e. The van der Waals surface area contributed by atoms with Crippen molar-refractivity contribution in [2.75, 3.05) is 11.9 Å². The Morgan fingerprint density at radius 2 is 2.00 bits per heavy atom. The number of aromatic nitrogens is 3. The fraction of sp³-hybridized carbons (Fsp3) is 0.250. The number of nitrogens with two attached hydrogens (primary N) is 1. The summed E-state index contributed by atoms with van der Waals surface area (Å²) in [5.41, 5.74) is 10.0. The molecule has 1 aromatic carbocycles. The first-order valence-corrected chi connectivity index (χ1v) is 8.77. The van der Waals surface area contributed by atoms with Crippen LogP contribution in [0.4, 0.5) is 5.69 Å². The lowest BCUT2D eigenvalue weighted by Gasteiger charge is -2.07. The van der Waals surface area contributed by atoms with Crippen molar-refractivity contribution >= 4 is 17.2 Å². The summed E-state index contributed by atoms with van der Waals surface area (Å²) >= 11 is 0. The molecule has 6 nitrogen and oxygen atoms in total. The Balaban J connectivity index is 1.62. The Bertz CT molecular complexity index is 970. The molecular weight excluding hydrogens is 326 g/mol. The lowest BCUT2D eigenvalue weighted by molar-refractivity contribution is -0.114. The summed E-state index contributed by atoms with van der Waals surface area (Å²) < 4.78 is 1.86. The van der Waals surface area contributed by atoms with E-state index in [0.717, 1.165) is 34.8 Å². The molecule has 0 saturated heterocycles. The third-order valence-corrected chi connectivity index (χ3v) is 4.59. The summed E-state index contributed by atoms with van der Waals surface area (Å²) in [6, 6.07) is 13.5. The molecule has 1 saturated carbocycles. The van der Waals surface area contributed by atoms with Crippen LogP contribution < -0.4 is 11.1 Å². The van der Waals surface area contributed by atoms with Crippen LogP contribution in [0.1, 0.15) is 18.7 Å². The quantitative estimate of drug-likeness (QED) is 0.672. The molecule has 2 aromatic heterocycles. The second-order valence-corrected chi connectivity index (χ2v) is 6.65. The molecular formula is C20H21N5O. The Morgan fingerprint density at radius 3 is 2.69 bits per heavy atom. The van der Waals surface area contributed by atoms with Crippen molar-refractivity contribution in [3.63, 3.8) is 0 Å². The summed E-state index contributed by atoms with van der Waals surface area (Å²) in [5, 5.41) is 7.42. The molecule has 1 aliphatic carbocycles. The first kappa shape index (κ1) is 16.5. The van der Waals surface area contributed by atoms with E-state index in [4.69, 9.17) is 5.73 Å². The minimum atomic E-state index is -0.211. The molecule has 132 valence electrons. The summed E-state index contributed by atoms with van der Waals surface area (Å²) in [5.74, 6) is 1.25. The van der Waals surface area contributed by atoms with Crippen molar-refractivity contribution in [1.29, 1.82) is 0 Å². The maximum atomic E-state index is 11.4. The van der Waals surface area contributed by atoms with Gasteiger partial charge in [-0.25, -0.2) is 9.50 Å². The summed E-state index contributed by atoms with van der Waals surface area (Å²) in [7, 11) is 0. The van der Waals surface area contributed by atoms with Crippen LogP contribution in [0.15, 0.2) is 54.6 Å². The number of amides is 1. The fourth-order valence-electron chi connectivity index (χ4n) is 3.02. The highest BCUT2D eigenvalue weighted by Crippen LogP contribution is 2.36. The predicted octanol–water partition coefficient (Wildman–Crippen LogP) is 2.80. The first-order chi connectivity index (χ1) is 12.6. The van der Waals surface area contributed by atoms with Crippen LogP contribution in [0.3, 0.4) is 0 Å². The van der Waals surface area contributed by atoms with Gasteiger partial charge in [-0.2, -0.15) is 5.10 Å². The standard InChI is InChI=1S/C20H21N5O/c1-13(14-5-6-14)11-18-23-19-4-2-3-17(25(19)24-18)15-7-9-16(10-8-15)22-20(26)12-21/h2-4,7-10,14H,1,5-6,11-12,21H2,(H,22,26). The number of hydrogen-bond donors (Lipinski definition) is 2. The monoisotopic (exact) mass is 347 g/mol. The van der Waals surface area contributed by atoms with Gasteiger partial charge in [-0.15, -0.1) is 0 Å². The van der Waals surface area contributed by atoms with E-state index in [1.165, 1.54) is 18.4 Å². The fourth-order valence-corrected chi connectivity index (χ4v) is 3.02. The maximum absolute atomic E-state index is 11.4. The summed E-state index contributed by atoms with van der Waals surface area (Å²) in [4.78, 5) is 16.0. The van der Waals surface area contributed by atoms with Crippen LogP contribution in [0.25, 0.3) is 16.9 Å². The highest BCUT2D eigenvalue weighted by atomic mass is 16.1. The molecule has 1 fully saturated rings. The smallest absolute Gasteiger partial charge is 0.238 e. The molecule has 3 aromatic rings. The molecule has 4 rings (SSSR count). The second kappa shape index (κ2) is 6.72. The number of carbonyl (C=O) groups is 1. The average Bonchev–Trinajstić information content (AvgIpc) is 3.42. The third-order valence-electron chi connectivity index (χ3n) is 4.59. The Kier molecular flexibility index (Phi) is 4.26. The Hall–Kier alpha value is -2.99. The molecule has 0 radical (unpaired) electrons. The van der Waals surface area contributed by atoms with E-state index >= 15 is 0 Å². The lowest BCUT2D eigenvalue weighted by Crippen LogP contribution is -2.21. The number of benzene rings is 1. The molecule has 1 amide bonds.